The van der Waals surface area contributed by atoms with Crippen LogP contribution in [0, 0.1) is 0 Å². The number of para-hydroxylation sites is 1. The molecule has 0 radical (unpaired) electrons. The smallest absolute Gasteiger partial charge is 0.260 e. The lowest BCUT2D eigenvalue weighted by Gasteiger charge is -2.39. The summed E-state index contributed by atoms with van der Waals surface area (Å²) >= 11 is 0. The average molecular weight is 347 g/mol. The molecule has 0 fully saturated rings. The Morgan fingerprint density at radius 2 is 2.15 bits per heavy atom. The van der Waals surface area contributed by atoms with E-state index in [4.69, 9.17) is 4.74 Å². The van der Waals surface area contributed by atoms with Crippen LogP contribution in [0.5, 0.6) is 5.75 Å². The van der Waals surface area contributed by atoms with Gasteiger partial charge in [0.25, 0.3) is 5.91 Å². The third kappa shape index (κ3) is 2.20. The van der Waals surface area contributed by atoms with Crippen molar-refractivity contribution in [3.05, 3.63) is 59.3 Å². The van der Waals surface area contributed by atoms with Gasteiger partial charge in [0.2, 0.25) is 6.23 Å². The number of benzene rings is 2. The Morgan fingerprint density at radius 1 is 1.27 bits per heavy atom. The number of ether oxygens (including phenoxy) is 1. The summed E-state index contributed by atoms with van der Waals surface area (Å²) in [5.41, 5.74) is 4.97. The van der Waals surface area contributed by atoms with E-state index in [1.807, 2.05) is 29.2 Å². The monoisotopic (exact) mass is 347 g/mol. The molecule has 26 heavy (non-hydrogen) atoms. The fourth-order valence-corrected chi connectivity index (χ4v) is 3.99. The third-order valence-electron chi connectivity index (χ3n) is 5.27. The molecule has 2 aliphatic heterocycles. The largest absolute Gasteiger partial charge is 0.464 e. The lowest BCUT2D eigenvalue weighted by atomic mass is 9.99. The van der Waals surface area contributed by atoms with Crippen LogP contribution in [0.15, 0.2) is 42.5 Å². The minimum absolute atomic E-state index is 0.0423. The maximum atomic E-state index is 13.1. The number of amides is 1. The van der Waals surface area contributed by atoms with Gasteiger partial charge < -0.3 is 15.0 Å². The highest BCUT2D eigenvalue weighted by Crippen LogP contribution is 2.41. The van der Waals surface area contributed by atoms with Crippen LogP contribution >= 0.6 is 0 Å². The standard InChI is InChI=1S/C21H21N3O2/c1-2-10-22-13-7-8-18-16(12-13)20(25)24-11-9-15-14-5-3-4-6-17(14)23-19(15)21(24)26-18/h3-8,12,21-23H,2,9-11H2,1H3. The van der Waals surface area contributed by atoms with Gasteiger partial charge in [0.15, 0.2) is 0 Å². The Morgan fingerprint density at radius 3 is 3.04 bits per heavy atom. The van der Waals surface area contributed by atoms with Crippen molar-refractivity contribution < 1.29 is 9.53 Å². The molecular formula is C21H21N3O2. The first kappa shape index (κ1) is 15.3. The second-order valence-corrected chi connectivity index (χ2v) is 6.92. The molecule has 1 amide bonds. The number of fused-ring (bicyclic) bond motifs is 6. The van der Waals surface area contributed by atoms with E-state index in [-0.39, 0.29) is 12.1 Å². The van der Waals surface area contributed by atoms with E-state index in [2.05, 4.69) is 35.4 Å². The second kappa shape index (κ2) is 5.80. The van der Waals surface area contributed by atoms with Crippen molar-refractivity contribution in [2.75, 3.05) is 18.4 Å². The molecule has 2 aromatic carbocycles. The Hall–Kier alpha value is -2.95. The third-order valence-corrected chi connectivity index (χ3v) is 5.27. The van der Waals surface area contributed by atoms with E-state index in [0.717, 1.165) is 36.3 Å². The molecule has 0 spiro atoms. The SMILES string of the molecule is CCCNc1ccc2c(c1)C(=O)N1CCc3c([nH]c4ccccc34)C1O2. The predicted molar refractivity (Wildman–Crippen MR) is 102 cm³/mol. The van der Waals surface area contributed by atoms with Crippen LogP contribution in [-0.4, -0.2) is 28.9 Å². The number of aromatic nitrogens is 1. The van der Waals surface area contributed by atoms with Crippen LogP contribution in [-0.2, 0) is 6.42 Å². The zero-order valence-corrected chi connectivity index (χ0v) is 14.7. The topological polar surface area (TPSA) is 57.4 Å². The van der Waals surface area contributed by atoms with E-state index < -0.39 is 0 Å². The molecule has 3 aromatic rings. The lowest BCUT2D eigenvalue weighted by Crippen LogP contribution is -2.45. The molecular weight excluding hydrogens is 326 g/mol. The zero-order chi connectivity index (χ0) is 17.7. The molecule has 0 bridgehead atoms. The zero-order valence-electron chi connectivity index (χ0n) is 14.7. The van der Waals surface area contributed by atoms with Crippen LogP contribution in [0.1, 0.15) is 41.2 Å². The molecule has 0 aliphatic carbocycles. The number of nitrogens with one attached hydrogen (secondary N) is 2. The number of aromatic amines is 1. The number of carbonyl (C=O) groups is 1. The molecule has 5 nitrogen and oxygen atoms in total. The number of nitrogens with zero attached hydrogens (tertiary/aromatic N) is 1. The summed E-state index contributed by atoms with van der Waals surface area (Å²) in [5, 5.41) is 4.56. The van der Waals surface area contributed by atoms with Crippen LogP contribution in [0.4, 0.5) is 5.69 Å². The van der Waals surface area contributed by atoms with Gasteiger partial charge in [0.1, 0.15) is 5.75 Å². The first-order valence-electron chi connectivity index (χ1n) is 9.21. The molecule has 0 saturated heterocycles. The summed E-state index contributed by atoms with van der Waals surface area (Å²) in [4.78, 5) is 18.4. The van der Waals surface area contributed by atoms with Crippen molar-refractivity contribution >= 4 is 22.5 Å². The maximum Gasteiger partial charge on any atom is 0.260 e. The first-order valence-corrected chi connectivity index (χ1v) is 9.21. The van der Waals surface area contributed by atoms with Gasteiger partial charge in [0.05, 0.1) is 11.3 Å². The Labute approximate surface area is 152 Å². The molecule has 5 rings (SSSR count). The predicted octanol–water partition coefficient (Wildman–Crippen LogP) is 4.08. The second-order valence-electron chi connectivity index (χ2n) is 6.92. The lowest BCUT2D eigenvalue weighted by molar-refractivity contribution is 0.00205. The van der Waals surface area contributed by atoms with Crippen molar-refractivity contribution in [2.24, 2.45) is 0 Å². The van der Waals surface area contributed by atoms with Crippen molar-refractivity contribution in [3.63, 3.8) is 0 Å². The van der Waals surface area contributed by atoms with Gasteiger partial charge in [-0.05, 0) is 42.7 Å². The number of hydrogen-bond acceptors (Lipinski definition) is 3. The minimum atomic E-state index is -0.374. The Bertz CT molecular complexity index is 1010. The molecule has 1 atom stereocenters. The molecule has 5 heteroatoms. The van der Waals surface area contributed by atoms with Gasteiger partial charge in [-0.1, -0.05) is 25.1 Å². The Balaban J connectivity index is 1.56. The van der Waals surface area contributed by atoms with Crippen molar-refractivity contribution in [2.45, 2.75) is 26.0 Å². The first-order chi connectivity index (χ1) is 12.8. The van der Waals surface area contributed by atoms with E-state index >= 15 is 0 Å². The molecule has 1 aromatic heterocycles. The number of anilines is 1. The molecule has 132 valence electrons. The van der Waals surface area contributed by atoms with Gasteiger partial charge in [-0.15, -0.1) is 0 Å². The normalized spacial score (nSPS) is 18.1. The number of hydrogen-bond donors (Lipinski definition) is 2. The van der Waals surface area contributed by atoms with E-state index in [0.29, 0.717) is 17.9 Å². The van der Waals surface area contributed by atoms with Crippen LogP contribution in [0.3, 0.4) is 0 Å². The molecule has 2 aliphatic rings. The van der Waals surface area contributed by atoms with E-state index in [1.165, 1.54) is 10.9 Å². The van der Waals surface area contributed by atoms with Gasteiger partial charge in [-0.3, -0.25) is 9.69 Å². The highest BCUT2D eigenvalue weighted by atomic mass is 16.5. The highest BCUT2D eigenvalue weighted by Gasteiger charge is 2.40. The summed E-state index contributed by atoms with van der Waals surface area (Å²) in [6, 6.07) is 14.1. The molecule has 0 saturated carbocycles. The summed E-state index contributed by atoms with van der Waals surface area (Å²) in [6.07, 6.45) is 1.51. The van der Waals surface area contributed by atoms with Crippen LogP contribution in [0.25, 0.3) is 10.9 Å². The summed E-state index contributed by atoms with van der Waals surface area (Å²) < 4.78 is 6.27. The number of carbonyl (C=O) groups excluding carboxylic acids is 1. The highest BCUT2D eigenvalue weighted by molar-refractivity contribution is 5.99. The van der Waals surface area contributed by atoms with Crippen molar-refractivity contribution in [1.82, 2.24) is 9.88 Å². The molecule has 3 heterocycles. The van der Waals surface area contributed by atoms with E-state index in [1.54, 1.807) is 0 Å². The van der Waals surface area contributed by atoms with Gasteiger partial charge in [-0.25, -0.2) is 0 Å². The maximum absolute atomic E-state index is 13.1. The van der Waals surface area contributed by atoms with Gasteiger partial charge >= 0.3 is 0 Å². The van der Waals surface area contributed by atoms with Gasteiger partial charge in [0, 0.05) is 29.7 Å². The van der Waals surface area contributed by atoms with E-state index in [9.17, 15) is 4.79 Å². The summed E-state index contributed by atoms with van der Waals surface area (Å²) in [6.45, 7) is 3.68. The molecule has 2 N–H and O–H groups in total. The number of H-pyrrole nitrogens is 1. The van der Waals surface area contributed by atoms with Crippen molar-refractivity contribution in [1.29, 1.82) is 0 Å². The average Bonchev–Trinajstić information content (AvgIpc) is 3.06. The van der Waals surface area contributed by atoms with Crippen LogP contribution < -0.4 is 10.1 Å². The molecule has 1 unspecified atom stereocenters. The van der Waals surface area contributed by atoms with Crippen molar-refractivity contribution in [3.8, 4) is 5.75 Å². The Kier molecular flexibility index (Phi) is 3.42. The quantitative estimate of drug-likeness (QED) is 0.751. The number of rotatable bonds is 3. The summed E-state index contributed by atoms with van der Waals surface area (Å²) in [5.74, 6) is 0.700. The van der Waals surface area contributed by atoms with Gasteiger partial charge in [-0.2, -0.15) is 0 Å². The van der Waals surface area contributed by atoms with Crippen LogP contribution in [0.2, 0.25) is 0 Å². The minimum Gasteiger partial charge on any atom is -0.464 e. The summed E-state index contributed by atoms with van der Waals surface area (Å²) in [7, 11) is 0. The fraction of sp³-hybridized carbons (Fsp3) is 0.286. The fourth-order valence-electron chi connectivity index (χ4n) is 3.99.